The van der Waals surface area contributed by atoms with Crippen molar-refractivity contribution in [2.75, 3.05) is 18.6 Å². The van der Waals surface area contributed by atoms with Gasteiger partial charge in [0.05, 0.1) is 0 Å². The number of hydrogen-bond acceptors (Lipinski definition) is 6. The number of nitrogens with zero attached hydrogens (tertiary/aromatic N) is 1. The molecule has 216 valence electrons. The van der Waals surface area contributed by atoms with Crippen LogP contribution in [0.1, 0.15) is 98.1 Å². The number of aromatic hydroxyl groups is 1. The van der Waals surface area contributed by atoms with Crippen LogP contribution >= 0.6 is 11.8 Å². The Morgan fingerprint density at radius 1 is 1.05 bits per heavy atom. The van der Waals surface area contributed by atoms with Gasteiger partial charge in [0.2, 0.25) is 11.8 Å². The second-order valence-corrected chi connectivity index (χ2v) is 11.8. The Balaban J connectivity index is 3.46. The zero-order chi connectivity index (χ0) is 28.7. The molecule has 0 spiro atoms. The number of phenols is 1. The number of hydrogen-bond donors (Lipinski definition) is 3. The maximum Gasteiger partial charge on any atom is 0.408 e. The first-order valence-corrected chi connectivity index (χ1v) is 15.2. The third kappa shape index (κ3) is 12.4. The van der Waals surface area contributed by atoms with Gasteiger partial charge in [0, 0.05) is 12.6 Å². The van der Waals surface area contributed by atoms with Crippen LogP contribution in [-0.2, 0) is 14.3 Å². The lowest BCUT2D eigenvalue weighted by molar-refractivity contribution is -0.143. The lowest BCUT2D eigenvalue weighted by atomic mass is 10.0. The summed E-state index contributed by atoms with van der Waals surface area (Å²) in [6.45, 7) is 11.8. The number of unbranched alkanes of at least 4 members (excludes halogenated alkanes) is 3. The maximum atomic E-state index is 14.1. The van der Waals surface area contributed by atoms with Gasteiger partial charge >= 0.3 is 6.09 Å². The van der Waals surface area contributed by atoms with E-state index >= 15 is 0 Å². The Morgan fingerprint density at radius 2 is 1.76 bits per heavy atom. The Morgan fingerprint density at radius 3 is 2.34 bits per heavy atom. The van der Waals surface area contributed by atoms with Crippen molar-refractivity contribution in [3.8, 4) is 5.75 Å². The van der Waals surface area contributed by atoms with E-state index in [1.165, 1.54) is 12.1 Å². The molecule has 3 amide bonds. The van der Waals surface area contributed by atoms with Crippen molar-refractivity contribution in [1.29, 1.82) is 0 Å². The number of phenolic OH excluding ortho intramolecular Hbond substituents is 1. The quantitative estimate of drug-likeness (QED) is 0.224. The number of thioether (sulfide) groups is 1. The van der Waals surface area contributed by atoms with Gasteiger partial charge in [-0.25, -0.2) is 4.79 Å². The normalized spacial score (nSPS) is 13.8. The molecule has 1 aromatic rings. The minimum atomic E-state index is -0.951. The van der Waals surface area contributed by atoms with E-state index in [1.54, 1.807) is 49.6 Å². The van der Waals surface area contributed by atoms with Gasteiger partial charge in [0.25, 0.3) is 0 Å². The summed E-state index contributed by atoms with van der Waals surface area (Å²) < 4.78 is 5.44. The van der Waals surface area contributed by atoms with Gasteiger partial charge in [-0.15, -0.1) is 0 Å². The van der Waals surface area contributed by atoms with Crippen molar-refractivity contribution in [3.63, 3.8) is 0 Å². The molecule has 9 heteroatoms. The Labute approximate surface area is 233 Å². The van der Waals surface area contributed by atoms with Gasteiger partial charge in [-0.05, 0) is 76.7 Å². The molecule has 0 aliphatic carbocycles. The zero-order valence-corrected chi connectivity index (χ0v) is 25.2. The number of benzene rings is 1. The van der Waals surface area contributed by atoms with Gasteiger partial charge < -0.3 is 25.4 Å². The Bertz CT molecular complexity index is 874. The second kappa shape index (κ2) is 17.2. The number of carbonyl (C=O) groups excluding carboxylic acids is 3. The monoisotopic (exact) mass is 551 g/mol. The first kappa shape index (κ1) is 33.6. The number of carbonyl (C=O) groups is 3. The summed E-state index contributed by atoms with van der Waals surface area (Å²) >= 11 is 1.58. The number of amides is 3. The van der Waals surface area contributed by atoms with Gasteiger partial charge in [0.1, 0.15) is 23.4 Å². The lowest BCUT2D eigenvalue weighted by Crippen LogP contribution is -2.54. The molecule has 0 bridgehead atoms. The molecule has 0 fully saturated rings. The van der Waals surface area contributed by atoms with Crippen LogP contribution in [0.5, 0.6) is 5.75 Å². The average molecular weight is 552 g/mol. The predicted molar refractivity (Wildman–Crippen MR) is 155 cm³/mol. The lowest BCUT2D eigenvalue weighted by Gasteiger charge is -2.35. The molecule has 0 saturated heterocycles. The van der Waals surface area contributed by atoms with Crippen molar-refractivity contribution < 1.29 is 24.2 Å². The number of rotatable bonds is 16. The van der Waals surface area contributed by atoms with Gasteiger partial charge in [-0.1, -0.05) is 51.7 Å². The summed E-state index contributed by atoms with van der Waals surface area (Å²) in [6.07, 6.45) is 7.07. The van der Waals surface area contributed by atoms with Gasteiger partial charge in [0.15, 0.2) is 0 Å². The molecule has 0 radical (unpaired) electrons. The first-order chi connectivity index (χ1) is 17.9. The molecular formula is C29H49N3O5S. The highest BCUT2D eigenvalue weighted by atomic mass is 32.2. The van der Waals surface area contributed by atoms with Gasteiger partial charge in [-0.3, -0.25) is 9.59 Å². The molecular weight excluding hydrogens is 502 g/mol. The Hall–Kier alpha value is -2.42. The fraction of sp³-hybridized carbons (Fsp3) is 0.690. The molecule has 3 atom stereocenters. The smallest absolute Gasteiger partial charge is 0.408 e. The predicted octanol–water partition coefficient (Wildman–Crippen LogP) is 5.79. The van der Waals surface area contributed by atoms with E-state index in [2.05, 4.69) is 24.5 Å². The summed E-state index contributed by atoms with van der Waals surface area (Å²) in [7, 11) is 0. The van der Waals surface area contributed by atoms with E-state index in [-0.39, 0.29) is 23.6 Å². The minimum absolute atomic E-state index is 0.0195. The molecule has 1 rings (SSSR count). The van der Waals surface area contributed by atoms with Crippen molar-refractivity contribution in [3.05, 3.63) is 29.8 Å². The number of nitrogens with one attached hydrogen (secondary N) is 2. The van der Waals surface area contributed by atoms with Gasteiger partial charge in [-0.2, -0.15) is 11.8 Å². The molecule has 8 nitrogen and oxygen atoms in total. The molecule has 0 heterocycles. The van der Waals surface area contributed by atoms with E-state index in [0.717, 1.165) is 32.1 Å². The SMILES string of the molecule is CCCCCCN(C(=O)C(CCSC)NC(=O)OC(C)(C)C)C(C(=O)NC(C)CCC)c1cccc(O)c1. The van der Waals surface area contributed by atoms with E-state index in [0.29, 0.717) is 30.7 Å². The van der Waals surface area contributed by atoms with Crippen LogP contribution < -0.4 is 10.6 Å². The summed E-state index contributed by atoms with van der Waals surface area (Å²) in [6, 6.07) is 4.60. The standard InChI is InChI=1S/C29H49N3O5S/c1-8-10-11-12-18-32(27(35)24(17-19-38-7)31-28(36)37-29(4,5)6)25(22-15-13-16-23(33)20-22)26(34)30-21(3)14-9-2/h13,15-16,20-21,24-25,33H,8-12,14,17-19H2,1-7H3,(H,30,34)(H,31,36). The molecule has 3 N–H and O–H groups in total. The molecule has 1 aromatic carbocycles. The molecule has 0 aliphatic heterocycles. The fourth-order valence-electron chi connectivity index (χ4n) is 4.21. The van der Waals surface area contributed by atoms with E-state index < -0.39 is 23.8 Å². The first-order valence-electron chi connectivity index (χ1n) is 13.8. The molecule has 0 aliphatic rings. The largest absolute Gasteiger partial charge is 0.508 e. The third-order valence-corrected chi connectivity index (χ3v) is 6.64. The maximum absolute atomic E-state index is 14.1. The Kier molecular flexibility index (Phi) is 15.2. The summed E-state index contributed by atoms with van der Waals surface area (Å²) in [5.74, 6) is 0.0206. The van der Waals surface area contributed by atoms with Crippen molar-refractivity contribution in [2.45, 2.75) is 110 Å². The van der Waals surface area contributed by atoms with Crippen LogP contribution in [-0.4, -0.2) is 64.2 Å². The van der Waals surface area contributed by atoms with E-state index in [9.17, 15) is 19.5 Å². The van der Waals surface area contributed by atoms with Crippen LogP contribution in [0, 0.1) is 0 Å². The van der Waals surface area contributed by atoms with E-state index in [1.807, 2.05) is 13.2 Å². The molecule has 0 aromatic heterocycles. The van der Waals surface area contributed by atoms with Crippen LogP contribution in [0.4, 0.5) is 4.79 Å². The van der Waals surface area contributed by atoms with Crippen molar-refractivity contribution >= 4 is 29.7 Å². The van der Waals surface area contributed by atoms with Crippen LogP contribution in [0.2, 0.25) is 0 Å². The molecule has 38 heavy (non-hydrogen) atoms. The van der Waals surface area contributed by atoms with Crippen LogP contribution in [0.3, 0.4) is 0 Å². The second-order valence-electron chi connectivity index (χ2n) is 10.8. The molecule has 0 saturated carbocycles. The topological polar surface area (TPSA) is 108 Å². The summed E-state index contributed by atoms with van der Waals surface area (Å²) in [4.78, 5) is 42.1. The van der Waals surface area contributed by atoms with Crippen molar-refractivity contribution in [1.82, 2.24) is 15.5 Å². The molecule has 3 unspecified atom stereocenters. The highest BCUT2D eigenvalue weighted by Crippen LogP contribution is 2.27. The van der Waals surface area contributed by atoms with Crippen LogP contribution in [0.25, 0.3) is 0 Å². The van der Waals surface area contributed by atoms with Crippen LogP contribution in [0.15, 0.2) is 24.3 Å². The minimum Gasteiger partial charge on any atom is -0.508 e. The zero-order valence-electron chi connectivity index (χ0n) is 24.3. The van der Waals surface area contributed by atoms with Crippen molar-refractivity contribution in [2.24, 2.45) is 0 Å². The highest BCUT2D eigenvalue weighted by Gasteiger charge is 2.36. The summed E-state index contributed by atoms with van der Waals surface area (Å²) in [5, 5.41) is 16.0. The fourth-order valence-corrected chi connectivity index (χ4v) is 4.68. The third-order valence-electron chi connectivity index (χ3n) is 5.99. The number of ether oxygens (including phenoxy) is 1. The average Bonchev–Trinajstić information content (AvgIpc) is 2.82. The summed E-state index contributed by atoms with van der Waals surface area (Å²) in [5.41, 5.74) is -0.188. The number of alkyl carbamates (subject to hydrolysis) is 1. The highest BCUT2D eigenvalue weighted by molar-refractivity contribution is 7.98. The van der Waals surface area contributed by atoms with E-state index in [4.69, 9.17) is 4.74 Å².